The highest BCUT2D eigenvalue weighted by molar-refractivity contribution is 6.29. The van der Waals surface area contributed by atoms with Gasteiger partial charge in [-0.2, -0.15) is 0 Å². The Balaban J connectivity index is 2.15. The summed E-state index contributed by atoms with van der Waals surface area (Å²) in [5.74, 6) is -0.0245. The van der Waals surface area contributed by atoms with Crippen LogP contribution in [0.5, 0.6) is 0 Å². The van der Waals surface area contributed by atoms with E-state index in [9.17, 15) is 4.79 Å². The van der Waals surface area contributed by atoms with Gasteiger partial charge in [-0.1, -0.05) is 11.6 Å². The van der Waals surface area contributed by atoms with Crippen molar-refractivity contribution in [2.75, 3.05) is 20.3 Å². The molecule has 0 atom stereocenters. The third kappa shape index (κ3) is 2.65. The van der Waals surface area contributed by atoms with E-state index in [1.807, 2.05) is 7.05 Å². The minimum absolute atomic E-state index is 0.0245. The molecule has 0 aliphatic carbocycles. The summed E-state index contributed by atoms with van der Waals surface area (Å²) in [4.78, 5) is 18.1. The highest BCUT2D eigenvalue weighted by atomic mass is 35.5. The highest BCUT2D eigenvalue weighted by Crippen LogP contribution is 2.27. The van der Waals surface area contributed by atoms with E-state index >= 15 is 0 Å². The smallest absolute Gasteiger partial charge is 0.255 e. The largest absolute Gasteiger partial charge is 0.381 e. The maximum Gasteiger partial charge on any atom is 0.255 e. The van der Waals surface area contributed by atoms with Crippen molar-refractivity contribution in [3.8, 4) is 0 Å². The van der Waals surface area contributed by atoms with Crippen LogP contribution in [-0.2, 0) is 4.74 Å². The Bertz CT molecular complexity index is 427. The minimum atomic E-state index is -0.144. The van der Waals surface area contributed by atoms with Crippen LogP contribution in [0, 0.1) is 0 Å². The Morgan fingerprint density at radius 1 is 1.44 bits per heavy atom. The van der Waals surface area contributed by atoms with Gasteiger partial charge in [0.15, 0.2) is 0 Å². The van der Waals surface area contributed by atoms with E-state index in [0.29, 0.717) is 23.9 Å². The topological polar surface area (TPSA) is 42.4 Å². The molecule has 1 aromatic rings. The Labute approximate surface area is 112 Å². The van der Waals surface area contributed by atoms with Crippen LogP contribution in [0.4, 0.5) is 0 Å². The standard InChI is InChI=1S/C13H17ClN2O2/c1-13(5-7-18-8-6-13)16(2)12(17)10-3-4-11(14)15-9-10/h3-4,9H,5-8H2,1-2H3. The van der Waals surface area contributed by atoms with Gasteiger partial charge in [-0.3, -0.25) is 4.79 Å². The third-order valence-corrected chi connectivity index (χ3v) is 3.88. The average Bonchev–Trinajstić information content (AvgIpc) is 2.39. The van der Waals surface area contributed by atoms with E-state index in [4.69, 9.17) is 16.3 Å². The average molecular weight is 269 g/mol. The molecular formula is C13H17ClN2O2. The molecule has 1 aromatic heterocycles. The summed E-state index contributed by atoms with van der Waals surface area (Å²) in [6, 6.07) is 3.34. The second-order valence-electron chi connectivity index (χ2n) is 4.84. The summed E-state index contributed by atoms with van der Waals surface area (Å²) >= 11 is 5.72. The first kappa shape index (κ1) is 13.3. The van der Waals surface area contributed by atoms with E-state index < -0.39 is 0 Å². The lowest BCUT2D eigenvalue weighted by Gasteiger charge is -2.41. The lowest BCUT2D eigenvalue weighted by atomic mass is 9.90. The van der Waals surface area contributed by atoms with Crippen LogP contribution in [0.3, 0.4) is 0 Å². The SMILES string of the molecule is CN(C(=O)c1ccc(Cl)nc1)C1(C)CCOCC1. The predicted octanol–water partition coefficient (Wildman–Crippen LogP) is 2.38. The Morgan fingerprint density at radius 3 is 2.67 bits per heavy atom. The Kier molecular flexibility index (Phi) is 3.88. The van der Waals surface area contributed by atoms with E-state index in [1.54, 1.807) is 17.0 Å². The van der Waals surface area contributed by atoms with Gasteiger partial charge in [0.2, 0.25) is 0 Å². The Morgan fingerprint density at radius 2 is 2.11 bits per heavy atom. The summed E-state index contributed by atoms with van der Waals surface area (Å²) in [7, 11) is 1.84. The predicted molar refractivity (Wildman–Crippen MR) is 69.8 cm³/mol. The van der Waals surface area contributed by atoms with Gasteiger partial charge in [0.1, 0.15) is 5.15 Å². The van der Waals surface area contributed by atoms with Crippen molar-refractivity contribution in [3.05, 3.63) is 29.0 Å². The lowest BCUT2D eigenvalue weighted by Crippen LogP contribution is -2.50. The van der Waals surface area contributed by atoms with Crippen LogP contribution in [0.2, 0.25) is 5.15 Å². The van der Waals surface area contributed by atoms with E-state index in [-0.39, 0.29) is 11.4 Å². The molecule has 5 heteroatoms. The molecule has 1 amide bonds. The van der Waals surface area contributed by atoms with Crippen molar-refractivity contribution in [1.29, 1.82) is 0 Å². The molecule has 0 N–H and O–H groups in total. The molecule has 0 bridgehead atoms. The summed E-state index contributed by atoms with van der Waals surface area (Å²) < 4.78 is 5.35. The van der Waals surface area contributed by atoms with Crippen molar-refractivity contribution in [3.63, 3.8) is 0 Å². The number of nitrogens with zero attached hydrogens (tertiary/aromatic N) is 2. The number of ether oxygens (including phenoxy) is 1. The summed E-state index contributed by atoms with van der Waals surface area (Å²) in [5.41, 5.74) is 0.421. The minimum Gasteiger partial charge on any atom is -0.381 e. The van der Waals surface area contributed by atoms with Crippen LogP contribution in [0.1, 0.15) is 30.1 Å². The maximum absolute atomic E-state index is 12.4. The van der Waals surface area contributed by atoms with Gasteiger partial charge in [0, 0.05) is 32.0 Å². The molecule has 0 unspecified atom stereocenters. The van der Waals surface area contributed by atoms with Crippen molar-refractivity contribution < 1.29 is 9.53 Å². The molecule has 1 aliphatic rings. The van der Waals surface area contributed by atoms with Crippen LogP contribution < -0.4 is 0 Å². The van der Waals surface area contributed by atoms with Gasteiger partial charge in [0.05, 0.1) is 5.56 Å². The van der Waals surface area contributed by atoms with Gasteiger partial charge in [0.25, 0.3) is 5.91 Å². The van der Waals surface area contributed by atoms with Crippen molar-refractivity contribution in [1.82, 2.24) is 9.88 Å². The molecule has 0 saturated carbocycles. The molecule has 2 heterocycles. The van der Waals surface area contributed by atoms with Gasteiger partial charge in [-0.25, -0.2) is 4.98 Å². The number of rotatable bonds is 2. The van der Waals surface area contributed by atoms with Crippen LogP contribution in [0.25, 0.3) is 0 Å². The van der Waals surface area contributed by atoms with E-state index in [0.717, 1.165) is 12.8 Å². The molecule has 2 rings (SSSR count). The number of carbonyl (C=O) groups is 1. The van der Waals surface area contributed by atoms with Gasteiger partial charge in [-0.15, -0.1) is 0 Å². The molecule has 18 heavy (non-hydrogen) atoms. The quantitative estimate of drug-likeness (QED) is 0.774. The molecular weight excluding hydrogens is 252 g/mol. The molecule has 0 radical (unpaired) electrons. The lowest BCUT2D eigenvalue weighted by molar-refractivity contribution is -0.00282. The fourth-order valence-corrected chi connectivity index (χ4v) is 2.20. The molecule has 0 aromatic carbocycles. The molecule has 1 aliphatic heterocycles. The summed E-state index contributed by atoms with van der Waals surface area (Å²) in [6.07, 6.45) is 3.23. The number of pyridine rings is 1. The number of hydrogen-bond acceptors (Lipinski definition) is 3. The fourth-order valence-electron chi connectivity index (χ4n) is 2.09. The molecule has 1 fully saturated rings. The summed E-state index contributed by atoms with van der Waals surface area (Å²) in [5, 5.41) is 0.395. The molecule has 0 spiro atoms. The Hall–Kier alpha value is -1.13. The maximum atomic E-state index is 12.4. The van der Waals surface area contributed by atoms with Crippen LogP contribution >= 0.6 is 11.6 Å². The van der Waals surface area contributed by atoms with E-state index in [1.165, 1.54) is 6.20 Å². The first-order valence-corrected chi connectivity index (χ1v) is 6.38. The van der Waals surface area contributed by atoms with Crippen LogP contribution in [-0.4, -0.2) is 41.6 Å². The zero-order valence-electron chi connectivity index (χ0n) is 10.6. The number of aromatic nitrogens is 1. The van der Waals surface area contributed by atoms with Gasteiger partial charge in [-0.05, 0) is 31.9 Å². The first-order valence-electron chi connectivity index (χ1n) is 6.00. The first-order chi connectivity index (χ1) is 8.53. The van der Waals surface area contributed by atoms with Crippen LogP contribution in [0.15, 0.2) is 18.3 Å². The van der Waals surface area contributed by atoms with Crippen molar-refractivity contribution >= 4 is 17.5 Å². The van der Waals surface area contributed by atoms with Crippen molar-refractivity contribution in [2.45, 2.75) is 25.3 Å². The molecule has 98 valence electrons. The van der Waals surface area contributed by atoms with Gasteiger partial charge < -0.3 is 9.64 Å². The van der Waals surface area contributed by atoms with Gasteiger partial charge >= 0.3 is 0 Å². The summed E-state index contributed by atoms with van der Waals surface area (Å²) in [6.45, 7) is 3.50. The monoisotopic (exact) mass is 268 g/mol. The number of hydrogen-bond donors (Lipinski definition) is 0. The van der Waals surface area contributed by atoms with E-state index in [2.05, 4.69) is 11.9 Å². The second-order valence-corrected chi connectivity index (χ2v) is 5.23. The number of halogens is 1. The zero-order valence-corrected chi connectivity index (χ0v) is 11.4. The zero-order chi connectivity index (χ0) is 13.2. The number of carbonyl (C=O) groups excluding carboxylic acids is 1. The highest BCUT2D eigenvalue weighted by Gasteiger charge is 2.34. The normalized spacial score (nSPS) is 18.4. The molecule has 1 saturated heterocycles. The third-order valence-electron chi connectivity index (χ3n) is 3.66. The van der Waals surface area contributed by atoms with Crippen molar-refractivity contribution in [2.24, 2.45) is 0 Å². The molecule has 4 nitrogen and oxygen atoms in total. The second kappa shape index (κ2) is 5.24. The number of amides is 1. The fraction of sp³-hybridized carbons (Fsp3) is 0.538.